The van der Waals surface area contributed by atoms with Gasteiger partial charge in [0.1, 0.15) is 0 Å². The third-order valence-electron chi connectivity index (χ3n) is 3.44. The quantitative estimate of drug-likeness (QED) is 0.718. The van der Waals surface area contributed by atoms with Crippen molar-refractivity contribution < 1.29 is 9.90 Å². The van der Waals surface area contributed by atoms with E-state index in [9.17, 15) is 9.90 Å². The molecule has 0 aliphatic heterocycles. The topological polar surface area (TPSA) is 61.4 Å². The van der Waals surface area contributed by atoms with E-state index in [1.807, 2.05) is 6.26 Å². The third-order valence-corrected chi connectivity index (χ3v) is 4.35. The van der Waals surface area contributed by atoms with Gasteiger partial charge in [-0.1, -0.05) is 6.92 Å². The fraction of sp³-hybridized carbons (Fsp3) is 0.923. The van der Waals surface area contributed by atoms with Gasteiger partial charge in [-0.15, -0.1) is 0 Å². The number of urea groups is 1. The average Bonchev–Trinajstić information content (AvgIpc) is 2.30. The van der Waals surface area contributed by atoms with Crippen LogP contribution < -0.4 is 10.6 Å². The van der Waals surface area contributed by atoms with E-state index in [2.05, 4.69) is 17.6 Å². The summed E-state index contributed by atoms with van der Waals surface area (Å²) in [4.78, 5) is 11.7. The Morgan fingerprint density at radius 3 is 2.56 bits per heavy atom. The highest BCUT2D eigenvalue weighted by Crippen LogP contribution is 2.23. The summed E-state index contributed by atoms with van der Waals surface area (Å²) in [5.41, 5.74) is -0.835. The van der Waals surface area contributed by atoms with Crippen LogP contribution in [0.5, 0.6) is 0 Å². The van der Waals surface area contributed by atoms with Gasteiger partial charge in [0.2, 0.25) is 0 Å². The van der Waals surface area contributed by atoms with E-state index in [1.54, 1.807) is 18.7 Å². The summed E-state index contributed by atoms with van der Waals surface area (Å²) in [6, 6.07) is 0.141. The zero-order valence-corrected chi connectivity index (χ0v) is 12.5. The molecule has 1 aliphatic carbocycles. The minimum atomic E-state index is -0.835. The number of carbonyl (C=O) groups excluding carboxylic acids is 1. The van der Waals surface area contributed by atoms with Crippen LogP contribution in [0.2, 0.25) is 0 Å². The first-order valence-electron chi connectivity index (χ1n) is 6.68. The molecule has 1 atom stereocenters. The van der Waals surface area contributed by atoms with Gasteiger partial charge in [0.15, 0.2) is 0 Å². The molecule has 0 aromatic rings. The summed E-state index contributed by atoms with van der Waals surface area (Å²) >= 11 is 1.57. The summed E-state index contributed by atoms with van der Waals surface area (Å²) in [5.74, 6) is 1.40. The monoisotopic (exact) mass is 274 g/mol. The molecule has 2 amide bonds. The Labute approximate surface area is 114 Å². The van der Waals surface area contributed by atoms with E-state index in [1.165, 1.54) is 12.8 Å². The van der Waals surface area contributed by atoms with Crippen molar-refractivity contribution in [3.8, 4) is 0 Å². The Balaban J connectivity index is 2.21. The number of carbonyl (C=O) groups is 1. The van der Waals surface area contributed by atoms with Gasteiger partial charge in [-0.3, -0.25) is 0 Å². The highest BCUT2D eigenvalue weighted by molar-refractivity contribution is 7.98. The summed E-state index contributed by atoms with van der Waals surface area (Å²) < 4.78 is 0. The maximum absolute atomic E-state index is 11.7. The summed E-state index contributed by atoms with van der Waals surface area (Å²) in [5, 5.41) is 15.7. The van der Waals surface area contributed by atoms with E-state index < -0.39 is 5.60 Å². The molecule has 0 bridgehead atoms. The van der Waals surface area contributed by atoms with E-state index in [-0.39, 0.29) is 6.03 Å². The Morgan fingerprint density at radius 1 is 1.39 bits per heavy atom. The molecule has 3 N–H and O–H groups in total. The van der Waals surface area contributed by atoms with Gasteiger partial charge < -0.3 is 15.7 Å². The number of hydrogen-bond acceptors (Lipinski definition) is 3. The maximum atomic E-state index is 11.7. The second kappa shape index (κ2) is 7.24. The lowest BCUT2D eigenvalue weighted by atomic mass is 9.87. The van der Waals surface area contributed by atoms with Gasteiger partial charge in [-0.05, 0) is 44.8 Å². The van der Waals surface area contributed by atoms with Crippen molar-refractivity contribution in [1.82, 2.24) is 10.6 Å². The van der Waals surface area contributed by atoms with Crippen LogP contribution in [0.4, 0.5) is 4.79 Å². The number of rotatable bonds is 5. The van der Waals surface area contributed by atoms with Gasteiger partial charge in [0, 0.05) is 18.3 Å². The Morgan fingerprint density at radius 2 is 2.00 bits per heavy atom. The molecular formula is C13H26N2O2S. The van der Waals surface area contributed by atoms with Crippen molar-refractivity contribution in [1.29, 1.82) is 0 Å². The van der Waals surface area contributed by atoms with E-state index in [0.29, 0.717) is 18.3 Å². The van der Waals surface area contributed by atoms with Gasteiger partial charge >= 0.3 is 6.03 Å². The standard InChI is InChI=1S/C13H26N2O2S/c1-10-4-6-11(7-5-10)15-12(16)14-8-13(2,17)9-18-3/h10-11,17H,4-9H2,1-3H3,(H2,14,15,16). The van der Waals surface area contributed by atoms with E-state index in [0.717, 1.165) is 18.8 Å². The fourth-order valence-electron chi connectivity index (χ4n) is 2.27. The molecule has 1 aliphatic rings. The molecule has 1 fully saturated rings. The molecule has 0 aromatic carbocycles. The highest BCUT2D eigenvalue weighted by Gasteiger charge is 2.22. The average molecular weight is 274 g/mol. The molecule has 5 heteroatoms. The van der Waals surface area contributed by atoms with Crippen LogP contribution in [0.15, 0.2) is 0 Å². The van der Waals surface area contributed by atoms with Gasteiger partial charge in [-0.2, -0.15) is 11.8 Å². The second-order valence-electron chi connectivity index (χ2n) is 5.71. The zero-order chi connectivity index (χ0) is 13.6. The summed E-state index contributed by atoms with van der Waals surface area (Å²) in [7, 11) is 0. The Bertz CT molecular complexity index is 264. The number of hydrogen-bond donors (Lipinski definition) is 3. The first-order valence-corrected chi connectivity index (χ1v) is 8.08. The first-order chi connectivity index (χ1) is 8.43. The second-order valence-corrected chi connectivity index (χ2v) is 6.58. The smallest absolute Gasteiger partial charge is 0.315 e. The molecule has 18 heavy (non-hydrogen) atoms. The minimum Gasteiger partial charge on any atom is -0.387 e. The van der Waals surface area contributed by atoms with Crippen LogP contribution >= 0.6 is 11.8 Å². The molecule has 4 nitrogen and oxygen atoms in total. The summed E-state index contributed by atoms with van der Waals surface area (Å²) in [6.45, 7) is 4.30. The molecular weight excluding hydrogens is 248 g/mol. The maximum Gasteiger partial charge on any atom is 0.315 e. The van der Waals surface area contributed by atoms with E-state index in [4.69, 9.17) is 0 Å². The van der Waals surface area contributed by atoms with Crippen molar-refractivity contribution in [2.75, 3.05) is 18.6 Å². The molecule has 1 saturated carbocycles. The van der Waals surface area contributed by atoms with Crippen LogP contribution in [-0.2, 0) is 0 Å². The van der Waals surface area contributed by atoms with E-state index >= 15 is 0 Å². The fourth-order valence-corrected chi connectivity index (χ4v) is 3.00. The molecule has 0 radical (unpaired) electrons. The largest absolute Gasteiger partial charge is 0.387 e. The highest BCUT2D eigenvalue weighted by atomic mass is 32.2. The Hall–Kier alpha value is -0.420. The van der Waals surface area contributed by atoms with Crippen molar-refractivity contribution >= 4 is 17.8 Å². The number of amides is 2. The molecule has 0 aromatic heterocycles. The van der Waals surface area contributed by atoms with Crippen LogP contribution in [-0.4, -0.2) is 41.3 Å². The normalized spacial score (nSPS) is 27.3. The van der Waals surface area contributed by atoms with Crippen molar-refractivity contribution in [3.63, 3.8) is 0 Å². The van der Waals surface area contributed by atoms with Crippen molar-refractivity contribution in [3.05, 3.63) is 0 Å². The molecule has 106 valence electrons. The van der Waals surface area contributed by atoms with Crippen LogP contribution in [0, 0.1) is 5.92 Å². The van der Waals surface area contributed by atoms with Crippen molar-refractivity contribution in [2.24, 2.45) is 5.92 Å². The molecule has 0 saturated heterocycles. The Kier molecular flexibility index (Phi) is 6.29. The summed E-state index contributed by atoms with van der Waals surface area (Å²) in [6.07, 6.45) is 6.45. The first kappa shape index (κ1) is 15.6. The lowest BCUT2D eigenvalue weighted by Crippen LogP contribution is -2.49. The molecule has 1 unspecified atom stereocenters. The molecule has 1 rings (SSSR count). The number of nitrogens with one attached hydrogen (secondary N) is 2. The van der Waals surface area contributed by atoms with Gasteiger partial charge in [-0.25, -0.2) is 4.79 Å². The van der Waals surface area contributed by atoms with Crippen LogP contribution in [0.25, 0.3) is 0 Å². The SMILES string of the molecule is CSCC(C)(O)CNC(=O)NC1CCC(C)CC1. The number of thioether (sulfide) groups is 1. The third kappa shape index (κ3) is 5.96. The lowest BCUT2D eigenvalue weighted by molar-refractivity contribution is 0.0866. The van der Waals surface area contributed by atoms with Gasteiger partial charge in [0.05, 0.1) is 5.60 Å². The molecule has 0 heterocycles. The van der Waals surface area contributed by atoms with Gasteiger partial charge in [0.25, 0.3) is 0 Å². The lowest BCUT2D eigenvalue weighted by Gasteiger charge is -2.28. The van der Waals surface area contributed by atoms with Crippen molar-refractivity contribution in [2.45, 2.75) is 51.2 Å². The zero-order valence-electron chi connectivity index (χ0n) is 11.7. The van der Waals surface area contributed by atoms with Crippen LogP contribution in [0.3, 0.4) is 0 Å². The molecule has 0 spiro atoms. The predicted octanol–water partition coefficient (Wildman–Crippen LogP) is 1.98. The van der Waals surface area contributed by atoms with Crippen LogP contribution in [0.1, 0.15) is 39.5 Å². The predicted molar refractivity (Wildman–Crippen MR) is 77.0 cm³/mol. The minimum absolute atomic E-state index is 0.157. The number of aliphatic hydroxyl groups is 1.